The maximum absolute atomic E-state index is 11.6. The lowest BCUT2D eigenvalue weighted by Gasteiger charge is -2.37. The van der Waals surface area contributed by atoms with Gasteiger partial charge in [-0.15, -0.1) is 0 Å². The van der Waals surface area contributed by atoms with Crippen molar-refractivity contribution in [3.05, 3.63) is 71.8 Å². The Kier molecular flexibility index (Phi) is 4.37. The summed E-state index contributed by atoms with van der Waals surface area (Å²) in [6.07, 6.45) is 4.60. The Morgan fingerprint density at radius 3 is 1.95 bits per heavy atom. The van der Waals surface area contributed by atoms with Gasteiger partial charge in [0.2, 0.25) is 0 Å². The van der Waals surface area contributed by atoms with E-state index in [1.54, 1.807) is 0 Å². The average molecular weight is 281 g/mol. The Bertz CT molecular complexity index is 505. The second kappa shape index (κ2) is 6.42. The summed E-state index contributed by atoms with van der Waals surface area (Å²) in [6.45, 7) is 0.979. The third-order valence-corrected chi connectivity index (χ3v) is 4.49. The second-order valence-electron chi connectivity index (χ2n) is 5.85. The Morgan fingerprint density at radius 2 is 1.38 bits per heavy atom. The number of aliphatic hydroxyl groups is 1. The van der Waals surface area contributed by atoms with Gasteiger partial charge in [-0.25, -0.2) is 0 Å². The van der Waals surface area contributed by atoms with Crippen molar-refractivity contribution in [2.45, 2.75) is 37.3 Å². The van der Waals surface area contributed by atoms with Gasteiger partial charge >= 0.3 is 0 Å². The van der Waals surface area contributed by atoms with Crippen LogP contribution < -0.4 is 5.32 Å². The lowest BCUT2D eigenvalue weighted by Crippen LogP contribution is -2.49. The minimum Gasteiger partial charge on any atom is -0.379 e. The Morgan fingerprint density at radius 1 is 0.810 bits per heavy atom. The van der Waals surface area contributed by atoms with Gasteiger partial charge in [-0.05, 0) is 30.5 Å². The van der Waals surface area contributed by atoms with Crippen LogP contribution in [-0.2, 0) is 5.60 Å². The molecule has 1 fully saturated rings. The van der Waals surface area contributed by atoms with E-state index < -0.39 is 5.60 Å². The number of hydrogen-bond acceptors (Lipinski definition) is 2. The highest BCUT2D eigenvalue weighted by Crippen LogP contribution is 2.35. The molecular formula is C19H23NO. The predicted octanol–water partition coefficient (Wildman–Crippen LogP) is 3.45. The van der Waals surface area contributed by atoms with Crippen LogP contribution in [0.5, 0.6) is 0 Å². The van der Waals surface area contributed by atoms with Crippen molar-refractivity contribution < 1.29 is 5.11 Å². The molecule has 3 rings (SSSR count). The van der Waals surface area contributed by atoms with Crippen LogP contribution in [0.3, 0.4) is 0 Å². The summed E-state index contributed by atoms with van der Waals surface area (Å²) in [5.74, 6) is 0. The van der Waals surface area contributed by atoms with Gasteiger partial charge in [0.25, 0.3) is 0 Å². The lowest BCUT2D eigenvalue weighted by atomic mass is 9.78. The van der Waals surface area contributed by atoms with Crippen LogP contribution in [0.15, 0.2) is 60.7 Å². The van der Waals surface area contributed by atoms with E-state index in [1.807, 2.05) is 60.7 Å². The van der Waals surface area contributed by atoms with E-state index in [9.17, 15) is 5.11 Å². The van der Waals surface area contributed by atoms with E-state index in [0.29, 0.717) is 0 Å². The van der Waals surface area contributed by atoms with Crippen molar-refractivity contribution >= 4 is 0 Å². The molecule has 110 valence electrons. The Hall–Kier alpha value is -1.64. The van der Waals surface area contributed by atoms with Gasteiger partial charge in [0.05, 0.1) is 0 Å². The summed E-state index contributed by atoms with van der Waals surface area (Å²) in [4.78, 5) is 0. The zero-order chi connectivity index (χ0) is 14.5. The third-order valence-electron chi connectivity index (χ3n) is 4.49. The van der Waals surface area contributed by atoms with Crippen LogP contribution in [0.2, 0.25) is 0 Å². The summed E-state index contributed by atoms with van der Waals surface area (Å²) < 4.78 is 0. The van der Waals surface area contributed by atoms with Gasteiger partial charge in [-0.2, -0.15) is 0 Å². The molecule has 2 N–H and O–H groups in total. The summed E-state index contributed by atoms with van der Waals surface area (Å²) in [7, 11) is 0. The van der Waals surface area contributed by atoms with E-state index in [0.717, 1.165) is 24.1 Å². The summed E-state index contributed by atoms with van der Waals surface area (Å²) >= 11 is 0. The fourth-order valence-corrected chi connectivity index (χ4v) is 3.34. The third kappa shape index (κ3) is 2.87. The maximum Gasteiger partial charge on any atom is 0.130 e. The SMILES string of the molecule is OC(c1ccccc1)(c1ccccc1)[C@@H]1CCCCCN1. The predicted molar refractivity (Wildman–Crippen MR) is 86.1 cm³/mol. The van der Waals surface area contributed by atoms with E-state index in [2.05, 4.69) is 5.32 Å². The highest BCUT2D eigenvalue weighted by atomic mass is 16.3. The molecule has 21 heavy (non-hydrogen) atoms. The first-order valence-electron chi connectivity index (χ1n) is 7.88. The highest BCUT2D eigenvalue weighted by molar-refractivity contribution is 5.38. The van der Waals surface area contributed by atoms with Gasteiger partial charge in [0.15, 0.2) is 0 Å². The van der Waals surface area contributed by atoms with E-state index in [1.165, 1.54) is 19.3 Å². The van der Waals surface area contributed by atoms with Crippen molar-refractivity contribution in [2.75, 3.05) is 6.54 Å². The molecule has 2 nitrogen and oxygen atoms in total. The zero-order valence-corrected chi connectivity index (χ0v) is 12.3. The minimum atomic E-state index is -0.965. The topological polar surface area (TPSA) is 32.3 Å². The first kappa shape index (κ1) is 14.3. The molecule has 0 radical (unpaired) electrons. The van der Waals surface area contributed by atoms with Gasteiger partial charge in [0.1, 0.15) is 5.60 Å². The number of nitrogens with one attached hydrogen (secondary N) is 1. The van der Waals surface area contributed by atoms with Crippen LogP contribution in [0.25, 0.3) is 0 Å². The monoisotopic (exact) mass is 281 g/mol. The minimum absolute atomic E-state index is 0.0600. The van der Waals surface area contributed by atoms with Crippen molar-refractivity contribution in [3.63, 3.8) is 0 Å². The molecule has 2 aromatic rings. The molecule has 1 heterocycles. The molecule has 0 aliphatic carbocycles. The number of benzene rings is 2. The fourth-order valence-electron chi connectivity index (χ4n) is 3.34. The summed E-state index contributed by atoms with van der Waals surface area (Å²) in [5.41, 5.74) is 0.971. The molecule has 0 amide bonds. The molecule has 0 unspecified atom stereocenters. The molecule has 0 spiro atoms. The van der Waals surface area contributed by atoms with Crippen molar-refractivity contribution in [1.82, 2.24) is 5.32 Å². The lowest BCUT2D eigenvalue weighted by molar-refractivity contribution is 0.0355. The Labute approximate surface area is 126 Å². The van der Waals surface area contributed by atoms with E-state index >= 15 is 0 Å². The molecule has 0 aromatic heterocycles. The van der Waals surface area contributed by atoms with E-state index in [4.69, 9.17) is 0 Å². The van der Waals surface area contributed by atoms with Gasteiger partial charge < -0.3 is 10.4 Å². The van der Waals surface area contributed by atoms with Crippen LogP contribution in [-0.4, -0.2) is 17.7 Å². The number of hydrogen-bond donors (Lipinski definition) is 2. The molecular weight excluding hydrogens is 258 g/mol. The zero-order valence-electron chi connectivity index (χ0n) is 12.3. The summed E-state index contributed by atoms with van der Waals surface area (Å²) in [6, 6.07) is 20.2. The van der Waals surface area contributed by atoms with Crippen molar-refractivity contribution in [3.8, 4) is 0 Å². The average Bonchev–Trinajstić information content (AvgIpc) is 2.85. The quantitative estimate of drug-likeness (QED) is 0.903. The van der Waals surface area contributed by atoms with Crippen molar-refractivity contribution in [2.24, 2.45) is 0 Å². The van der Waals surface area contributed by atoms with Crippen molar-refractivity contribution in [1.29, 1.82) is 0 Å². The smallest absolute Gasteiger partial charge is 0.130 e. The molecule has 0 bridgehead atoms. The standard InChI is InChI=1S/C19H23NO/c21-19(16-10-4-1-5-11-16,17-12-6-2-7-13-17)18-14-8-3-9-15-20-18/h1-2,4-7,10-13,18,20-21H,3,8-9,14-15H2/t18-/m0/s1. The maximum atomic E-state index is 11.6. The van der Waals surface area contributed by atoms with Crippen LogP contribution >= 0.6 is 0 Å². The molecule has 1 saturated heterocycles. The molecule has 2 heteroatoms. The van der Waals surface area contributed by atoms with Crippen LogP contribution in [0, 0.1) is 0 Å². The van der Waals surface area contributed by atoms with Gasteiger partial charge in [0, 0.05) is 6.04 Å². The second-order valence-corrected chi connectivity index (χ2v) is 5.85. The van der Waals surface area contributed by atoms with Gasteiger partial charge in [-0.1, -0.05) is 73.5 Å². The molecule has 1 aliphatic rings. The largest absolute Gasteiger partial charge is 0.379 e. The van der Waals surface area contributed by atoms with Gasteiger partial charge in [-0.3, -0.25) is 0 Å². The van der Waals surface area contributed by atoms with Crippen LogP contribution in [0.1, 0.15) is 36.8 Å². The highest BCUT2D eigenvalue weighted by Gasteiger charge is 2.39. The number of rotatable bonds is 3. The Balaban J connectivity index is 2.06. The normalized spacial score (nSPS) is 20.0. The molecule has 2 aromatic carbocycles. The van der Waals surface area contributed by atoms with Crippen LogP contribution in [0.4, 0.5) is 0 Å². The fraction of sp³-hybridized carbons (Fsp3) is 0.368. The molecule has 1 atom stereocenters. The molecule has 1 aliphatic heterocycles. The first-order valence-corrected chi connectivity index (χ1v) is 7.88. The summed E-state index contributed by atoms with van der Waals surface area (Å²) in [5, 5.41) is 15.2. The molecule has 0 saturated carbocycles. The first-order chi connectivity index (χ1) is 10.3. The van der Waals surface area contributed by atoms with E-state index in [-0.39, 0.29) is 6.04 Å².